The lowest BCUT2D eigenvalue weighted by Gasteiger charge is -2.39. The van der Waals surface area contributed by atoms with Crippen molar-refractivity contribution in [3.63, 3.8) is 0 Å². The number of aromatic nitrogens is 1. The average Bonchev–Trinajstić information content (AvgIpc) is 3.39. The highest BCUT2D eigenvalue weighted by Gasteiger charge is 2.27. The first kappa shape index (κ1) is 30.8. The molecular formula is C35H41FN6O2. The van der Waals surface area contributed by atoms with Gasteiger partial charge in [0.05, 0.1) is 11.4 Å². The number of piperidine rings is 1. The van der Waals surface area contributed by atoms with Crippen molar-refractivity contribution < 1.29 is 14.0 Å². The van der Waals surface area contributed by atoms with E-state index in [4.69, 9.17) is 5.73 Å². The third kappa shape index (κ3) is 6.32. The number of anilines is 2. The van der Waals surface area contributed by atoms with Crippen LogP contribution in [-0.2, 0) is 16.6 Å². The Balaban J connectivity index is 1.43. The van der Waals surface area contributed by atoms with Crippen molar-refractivity contribution in [3.8, 4) is 11.1 Å². The van der Waals surface area contributed by atoms with Gasteiger partial charge in [0.2, 0.25) is 6.41 Å². The van der Waals surface area contributed by atoms with E-state index in [9.17, 15) is 9.59 Å². The number of rotatable bonds is 9. The summed E-state index contributed by atoms with van der Waals surface area (Å²) in [7, 11) is 1.95. The van der Waals surface area contributed by atoms with E-state index < -0.39 is 5.82 Å². The number of hydrogen-bond donors (Lipinski definition) is 2. The van der Waals surface area contributed by atoms with Crippen molar-refractivity contribution in [3.05, 3.63) is 95.9 Å². The normalized spacial score (nSPS) is 17.2. The van der Waals surface area contributed by atoms with Crippen LogP contribution in [0.4, 0.5) is 15.8 Å². The van der Waals surface area contributed by atoms with Gasteiger partial charge >= 0.3 is 0 Å². The molecule has 0 atom stereocenters. The summed E-state index contributed by atoms with van der Waals surface area (Å²) in [5.74, 6) is -0.167. The van der Waals surface area contributed by atoms with Gasteiger partial charge in [-0.2, -0.15) is 0 Å². The lowest BCUT2D eigenvalue weighted by Crippen LogP contribution is -2.44. The van der Waals surface area contributed by atoms with Gasteiger partial charge in [0.25, 0.3) is 5.91 Å². The SMILES string of the molecule is C=C/N=C(/N)c1c(-c2ccc(NC(=O)/C(C)=C3\CCCCN3N(C=O)c3ccccc3)cc2F)cc(C2CCCCC2)n1C. The quantitative estimate of drug-likeness (QED) is 0.120. The van der Waals surface area contributed by atoms with Gasteiger partial charge in [-0.1, -0.05) is 44.0 Å². The second-order valence-corrected chi connectivity index (χ2v) is 11.5. The number of aliphatic imine (C=N–C) groups is 1. The van der Waals surface area contributed by atoms with Crippen molar-refractivity contribution in [2.45, 2.75) is 64.2 Å². The number of amides is 2. The van der Waals surface area contributed by atoms with Crippen LogP contribution in [0, 0.1) is 5.82 Å². The molecular weight excluding hydrogens is 555 g/mol. The molecule has 44 heavy (non-hydrogen) atoms. The molecule has 3 N–H and O–H groups in total. The van der Waals surface area contributed by atoms with Crippen molar-refractivity contribution in [1.29, 1.82) is 0 Å². The minimum Gasteiger partial charge on any atom is -0.382 e. The van der Waals surface area contributed by atoms with E-state index in [0.29, 0.717) is 47.0 Å². The number of nitrogens with one attached hydrogen (secondary N) is 1. The van der Waals surface area contributed by atoms with Gasteiger partial charge in [0.15, 0.2) is 0 Å². The van der Waals surface area contributed by atoms with Crippen LogP contribution in [-0.4, -0.2) is 34.3 Å². The summed E-state index contributed by atoms with van der Waals surface area (Å²) < 4.78 is 17.9. The predicted molar refractivity (Wildman–Crippen MR) is 174 cm³/mol. The molecule has 5 rings (SSSR count). The standard InChI is InChI=1S/C35H41FN6O2/c1-4-38-34(37)33-29(22-32(40(33)3)25-13-7-5-8-14-25)28-19-18-26(21-30(28)36)39-35(44)24(2)31-17-11-12-20-41(31)42(23-43)27-15-9-6-10-16-27/h4,6,9-10,15-16,18-19,21-23,25H,1,5,7-8,11-14,17,20H2,2-3H3,(H2,37,38)(H,39,44)/b31-24+. The van der Waals surface area contributed by atoms with Gasteiger partial charge in [0, 0.05) is 53.6 Å². The summed E-state index contributed by atoms with van der Waals surface area (Å²) in [6.07, 6.45) is 10.4. The van der Waals surface area contributed by atoms with E-state index >= 15 is 4.39 Å². The largest absolute Gasteiger partial charge is 0.382 e. The minimum absolute atomic E-state index is 0.274. The van der Waals surface area contributed by atoms with Crippen LogP contribution in [0.1, 0.15) is 75.6 Å². The molecule has 0 radical (unpaired) electrons. The number of hydrazine groups is 1. The van der Waals surface area contributed by atoms with Crippen molar-refractivity contribution in [2.75, 3.05) is 16.9 Å². The first-order valence-corrected chi connectivity index (χ1v) is 15.4. The van der Waals surface area contributed by atoms with Crippen molar-refractivity contribution >= 4 is 29.5 Å². The number of carbonyl (C=O) groups excluding carboxylic acids is 2. The molecule has 1 aliphatic heterocycles. The van der Waals surface area contributed by atoms with E-state index in [0.717, 1.165) is 49.2 Å². The maximum atomic E-state index is 15.8. The first-order valence-electron chi connectivity index (χ1n) is 15.4. The van der Waals surface area contributed by atoms with Gasteiger partial charge < -0.3 is 15.6 Å². The maximum Gasteiger partial charge on any atom is 0.253 e. The fourth-order valence-electron chi connectivity index (χ4n) is 6.53. The molecule has 9 heteroatoms. The summed E-state index contributed by atoms with van der Waals surface area (Å²) in [5.41, 5.74) is 11.5. The van der Waals surface area contributed by atoms with E-state index in [-0.39, 0.29) is 11.7 Å². The highest BCUT2D eigenvalue weighted by molar-refractivity contribution is 6.05. The average molecular weight is 597 g/mol. The van der Waals surface area contributed by atoms with E-state index in [2.05, 4.69) is 16.9 Å². The molecule has 2 aliphatic rings. The number of halogens is 1. The van der Waals surface area contributed by atoms with Crippen LogP contribution in [0.25, 0.3) is 11.1 Å². The number of nitrogens with zero attached hydrogens (tertiary/aromatic N) is 4. The summed E-state index contributed by atoms with van der Waals surface area (Å²) in [6.45, 7) is 6.03. The van der Waals surface area contributed by atoms with E-state index in [1.54, 1.807) is 24.1 Å². The number of carbonyl (C=O) groups is 2. The molecule has 2 heterocycles. The zero-order valence-corrected chi connectivity index (χ0v) is 25.6. The van der Waals surface area contributed by atoms with Crippen LogP contribution >= 0.6 is 0 Å². The molecule has 0 unspecified atom stereocenters. The Hall–Kier alpha value is -4.66. The maximum absolute atomic E-state index is 15.8. The van der Waals surface area contributed by atoms with Crippen LogP contribution in [0.15, 0.2) is 83.6 Å². The summed E-state index contributed by atoms with van der Waals surface area (Å²) >= 11 is 0. The fourth-order valence-corrected chi connectivity index (χ4v) is 6.53. The second kappa shape index (κ2) is 13.8. The highest BCUT2D eigenvalue weighted by atomic mass is 19.1. The Morgan fingerprint density at radius 3 is 2.50 bits per heavy atom. The van der Waals surface area contributed by atoms with Gasteiger partial charge in [-0.25, -0.2) is 14.4 Å². The molecule has 8 nitrogen and oxygen atoms in total. The Morgan fingerprint density at radius 1 is 1.07 bits per heavy atom. The Kier molecular flexibility index (Phi) is 9.62. The number of amidine groups is 1. The molecule has 1 saturated carbocycles. The first-order chi connectivity index (χ1) is 21.3. The molecule has 3 aromatic rings. The molecule has 1 saturated heterocycles. The smallest absolute Gasteiger partial charge is 0.253 e. The lowest BCUT2D eigenvalue weighted by molar-refractivity contribution is -0.113. The third-order valence-electron chi connectivity index (χ3n) is 8.78. The molecule has 0 bridgehead atoms. The van der Waals surface area contributed by atoms with Crippen LogP contribution in [0.2, 0.25) is 0 Å². The summed E-state index contributed by atoms with van der Waals surface area (Å²) in [5, 5.41) is 6.27. The van der Waals surface area contributed by atoms with Crippen molar-refractivity contribution in [2.24, 2.45) is 17.8 Å². The number of benzene rings is 2. The van der Waals surface area contributed by atoms with E-state index in [1.807, 2.05) is 53.0 Å². The van der Waals surface area contributed by atoms with Gasteiger partial charge in [-0.3, -0.25) is 14.6 Å². The third-order valence-corrected chi connectivity index (χ3v) is 8.78. The lowest BCUT2D eigenvalue weighted by atomic mass is 9.86. The number of hydrogen-bond acceptors (Lipinski definition) is 4. The predicted octanol–water partition coefficient (Wildman–Crippen LogP) is 7.00. The Morgan fingerprint density at radius 2 is 1.82 bits per heavy atom. The molecule has 230 valence electrons. The zero-order valence-electron chi connectivity index (χ0n) is 25.6. The van der Waals surface area contributed by atoms with E-state index in [1.165, 1.54) is 31.5 Å². The van der Waals surface area contributed by atoms with Crippen LogP contribution in [0.3, 0.4) is 0 Å². The zero-order chi connectivity index (χ0) is 31.2. The second-order valence-electron chi connectivity index (χ2n) is 11.5. The van der Waals surface area contributed by atoms with Gasteiger partial charge in [-0.15, -0.1) is 0 Å². The van der Waals surface area contributed by atoms with Gasteiger partial charge in [-0.05, 0) is 81.3 Å². The molecule has 0 spiro atoms. The van der Waals surface area contributed by atoms with Gasteiger partial charge in [0.1, 0.15) is 11.7 Å². The molecule has 1 aliphatic carbocycles. The van der Waals surface area contributed by atoms with Crippen molar-refractivity contribution in [1.82, 2.24) is 9.58 Å². The molecule has 1 aromatic heterocycles. The Labute approximate surface area is 258 Å². The number of nitrogens with two attached hydrogens (primary N) is 1. The summed E-state index contributed by atoms with van der Waals surface area (Å²) in [6, 6.07) is 16.1. The Bertz CT molecular complexity index is 1590. The minimum atomic E-state index is -0.475. The number of allylic oxidation sites excluding steroid dienone is 1. The summed E-state index contributed by atoms with van der Waals surface area (Å²) in [4.78, 5) is 29.8. The van der Waals surface area contributed by atoms with Crippen LogP contribution < -0.4 is 16.1 Å². The topological polar surface area (TPSA) is 96.0 Å². The fraction of sp³-hybridized carbons (Fsp3) is 0.343. The monoisotopic (exact) mass is 596 g/mol. The number of para-hydroxylation sites is 1. The van der Waals surface area contributed by atoms with Crippen LogP contribution in [0.5, 0.6) is 0 Å². The highest BCUT2D eigenvalue weighted by Crippen LogP contribution is 2.38. The molecule has 2 aromatic carbocycles. The molecule has 2 amide bonds. The molecule has 2 fully saturated rings.